The molecule has 0 fully saturated rings. The third kappa shape index (κ3) is 4.04. The average Bonchev–Trinajstić information content (AvgIpc) is 2.11. The molecule has 78 valence electrons. The van der Waals surface area contributed by atoms with Crippen LogP contribution in [0.25, 0.3) is 0 Å². The van der Waals surface area contributed by atoms with Gasteiger partial charge in [0.2, 0.25) is 16.5 Å². The molecule has 14 heavy (non-hydrogen) atoms. The van der Waals surface area contributed by atoms with Crippen LogP contribution < -0.4 is 5.32 Å². The topological polar surface area (TPSA) is 59.9 Å². The van der Waals surface area contributed by atoms with Gasteiger partial charge >= 0.3 is 0 Å². The van der Waals surface area contributed by atoms with Crippen molar-refractivity contribution in [1.82, 2.24) is 15.0 Å². The highest BCUT2D eigenvalue weighted by molar-refractivity contribution is 6.31. The first-order chi connectivity index (χ1) is 6.72. The number of anilines is 1. The van der Waals surface area contributed by atoms with E-state index < -0.39 is 0 Å². The molecule has 0 atom stereocenters. The highest BCUT2D eigenvalue weighted by Crippen LogP contribution is 2.09. The van der Waals surface area contributed by atoms with E-state index in [0.29, 0.717) is 19.1 Å². The third-order valence-electron chi connectivity index (χ3n) is 1.39. The molecule has 0 unspecified atom stereocenters. The Morgan fingerprint density at radius 1 is 1.21 bits per heavy atom. The summed E-state index contributed by atoms with van der Waals surface area (Å²) in [5.41, 5.74) is 0. The van der Waals surface area contributed by atoms with E-state index in [1.54, 1.807) is 7.11 Å². The summed E-state index contributed by atoms with van der Waals surface area (Å²) in [6, 6.07) is 0. The number of aromatic nitrogens is 3. The van der Waals surface area contributed by atoms with Crippen LogP contribution in [0.2, 0.25) is 10.6 Å². The Morgan fingerprint density at radius 2 is 1.86 bits per heavy atom. The van der Waals surface area contributed by atoms with Gasteiger partial charge in [0.15, 0.2) is 0 Å². The molecular formula is C7H10Cl2N4O. The maximum absolute atomic E-state index is 5.58. The van der Waals surface area contributed by atoms with Crippen LogP contribution in [0, 0.1) is 0 Å². The van der Waals surface area contributed by atoms with Crippen molar-refractivity contribution in [1.29, 1.82) is 0 Å². The zero-order valence-electron chi connectivity index (χ0n) is 7.63. The minimum atomic E-state index is 0.0826. The van der Waals surface area contributed by atoms with Gasteiger partial charge in [0.05, 0.1) is 0 Å². The normalized spacial score (nSPS) is 10.2. The number of nitrogens with zero attached hydrogens (tertiary/aromatic N) is 3. The monoisotopic (exact) mass is 236 g/mol. The Labute approximate surface area is 91.8 Å². The molecule has 1 aromatic heterocycles. The number of methoxy groups -OCH3 is 1. The van der Waals surface area contributed by atoms with Crippen LogP contribution in [0.1, 0.15) is 6.42 Å². The summed E-state index contributed by atoms with van der Waals surface area (Å²) in [5.74, 6) is 0.381. The number of halogens is 2. The second-order valence-electron chi connectivity index (χ2n) is 2.47. The summed E-state index contributed by atoms with van der Waals surface area (Å²) in [4.78, 5) is 11.3. The lowest BCUT2D eigenvalue weighted by Crippen LogP contribution is -2.08. The van der Waals surface area contributed by atoms with Crippen molar-refractivity contribution in [2.75, 3.05) is 25.6 Å². The highest BCUT2D eigenvalue weighted by atomic mass is 35.5. The molecule has 0 spiro atoms. The van der Waals surface area contributed by atoms with Gasteiger partial charge in [0.1, 0.15) is 0 Å². The molecule has 0 aliphatic carbocycles. The lowest BCUT2D eigenvalue weighted by atomic mass is 10.4. The summed E-state index contributed by atoms with van der Waals surface area (Å²) in [6.45, 7) is 1.38. The average molecular weight is 237 g/mol. The minimum Gasteiger partial charge on any atom is -0.385 e. The van der Waals surface area contributed by atoms with Gasteiger partial charge in [-0.25, -0.2) is 0 Å². The number of nitrogens with one attached hydrogen (secondary N) is 1. The van der Waals surface area contributed by atoms with E-state index in [0.717, 1.165) is 6.42 Å². The molecule has 0 aliphatic rings. The van der Waals surface area contributed by atoms with Gasteiger partial charge in [-0.15, -0.1) is 0 Å². The molecule has 1 N–H and O–H groups in total. The van der Waals surface area contributed by atoms with Crippen molar-refractivity contribution < 1.29 is 4.74 Å². The fraction of sp³-hybridized carbons (Fsp3) is 0.571. The number of hydrogen-bond acceptors (Lipinski definition) is 5. The van der Waals surface area contributed by atoms with Crippen molar-refractivity contribution in [3.05, 3.63) is 10.6 Å². The van der Waals surface area contributed by atoms with Crippen molar-refractivity contribution in [2.24, 2.45) is 0 Å². The molecule has 0 aliphatic heterocycles. The van der Waals surface area contributed by atoms with Gasteiger partial charge in [-0.05, 0) is 29.6 Å². The van der Waals surface area contributed by atoms with E-state index in [1.807, 2.05) is 0 Å². The maximum Gasteiger partial charge on any atom is 0.228 e. The van der Waals surface area contributed by atoms with E-state index in [1.165, 1.54) is 0 Å². The number of rotatable bonds is 5. The first-order valence-electron chi connectivity index (χ1n) is 4.02. The first-order valence-corrected chi connectivity index (χ1v) is 4.78. The van der Waals surface area contributed by atoms with E-state index in [2.05, 4.69) is 20.3 Å². The van der Waals surface area contributed by atoms with Gasteiger partial charge in [0.25, 0.3) is 0 Å². The summed E-state index contributed by atoms with van der Waals surface area (Å²) in [6.07, 6.45) is 0.859. The summed E-state index contributed by atoms with van der Waals surface area (Å²) in [5, 5.41) is 3.12. The first kappa shape index (κ1) is 11.4. The lowest BCUT2D eigenvalue weighted by molar-refractivity contribution is 0.197. The van der Waals surface area contributed by atoms with Gasteiger partial charge < -0.3 is 10.1 Å². The minimum absolute atomic E-state index is 0.0826. The summed E-state index contributed by atoms with van der Waals surface area (Å²) < 4.78 is 4.88. The molecule has 1 aromatic rings. The molecule has 0 radical (unpaired) electrons. The second kappa shape index (κ2) is 5.95. The maximum atomic E-state index is 5.58. The number of ether oxygens (including phenoxy) is 1. The van der Waals surface area contributed by atoms with E-state index in [9.17, 15) is 0 Å². The van der Waals surface area contributed by atoms with Crippen molar-refractivity contribution >= 4 is 29.2 Å². The molecule has 1 heterocycles. The van der Waals surface area contributed by atoms with E-state index >= 15 is 0 Å². The molecular weight excluding hydrogens is 227 g/mol. The Morgan fingerprint density at radius 3 is 2.43 bits per heavy atom. The summed E-state index contributed by atoms with van der Waals surface area (Å²) in [7, 11) is 1.65. The fourth-order valence-corrected chi connectivity index (χ4v) is 1.19. The highest BCUT2D eigenvalue weighted by Gasteiger charge is 2.01. The van der Waals surface area contributed by atoms with Crippen LogP contribution in [-0.2, 0) is 4.74 Å². The molecule has 0 saturated heterocycles. The Hall–Kier alpha value is -0.650. The quantitative estimate of drug-likeness (QED) is 0.788. The molecule has 0 aromatic carbocycles. The van der Waals surface area contributed by atoms with Crippen LogP contribution in [0.5, 0.6) is 0 Å². The Balaban J connectivity index is 2.42. The van der Waals surface area contributed by atoms with Gasteiger partial charge in [-0.2, -0.15) is 15.0 Å². The molecule has 0 bridgehead atoms. The van der Waals surface area contributed by atoms with E-state index in [4.69, 9.17) is 27.9 Å². The Bertz CT molecular complexity index is 277. The predicted octanol–water partition coefficient (Wildman–Crippen LogP) is 1.63. The SMILES string of the molecule is COCCCNc1nc(Cl)nc(Cl)n1. The van der Waals surface area contributed by atoms with Crippen LogP contribution in [-0.4, -0.2) is 35.2 Å². The summed E-state index contributed by atoms with van der Waals surface area (Å²) >= 11 is 11.2. The van der Waals surface area contributed by atoms with Gasteiger partial charge in [-0.3, -0.25) is 0 Å². The van der Waals surface area contributed by atoms with Crippen LogP contribution in [0.15, 0.2) is 0 Å². The van der Waals surface area contributed by atoms with Crippen LogP contribution in [0.3, 0.4) is 0 Å². The molecule has 7 heteroatoms. The standard InChI is InChI=1S/C7H10Cl2N4O/c1-14-4-2-3-10-7-12-5(8)11-6(9)13-7/h2-4H2,1H3,(H,10,11,12,13). The number of hydrogen-bond donors (Lipinski definition) is 1. The van der Waals surface area contributed by atoms with Crippen LogP contribution in [0.4, 0.5) is 5.95 Å². The van der Waals surface area contributed by atoms with Gasteiger partial charge in [-0.1, -0.05) is 0 Å². The molecule has 0 amide bonds. The predicted molar refractivity (Wildman–Crippen MR) is 54.8 cm³/mol. The van der Waals surface area contributed by atoms with Crippen molar-refractivity contribution in [2.45, 2.75) is 6.42 Å². The van der Waals surface area contributed by atoms with Crippen molar-refractivity contribution in [3.8, 4) is 0 Å². The van der Waals surface area contributed by atoms with Crippen molar-refractivity contribution in [3.63, 3.8) is 0 Å². The Kier molecular flexibility index (Phi) is 4.86. The third-order valence-corrected chi connectivity index (χ3v) is 1.73. The molecule has 1 rings (SSSR count). The van der Waals surface area contributed by atoms with Crippen LogP contribution >= 0.6 is 23.2 Å². The lowest BCUT2D eigenvalue weighted by Gasteiger charge is -2.03. The second-order valence-corrected chi connectivity index (χ2v) is 3.15. The fourth-order valence-electron chi connectivity index (χ4n) is 0.822. The zero-order valence-corrected chi connectivity index (χ0v) is 9.14. The largest absolute Gasteiger partial charge is 0.385 e. The smallest absolute Gasteiger partial charge is 0.228 e. The molecule has 0 saturated carbocycles. The zero-order chi connectivity index (χ0) is 10.4. The molecule has 5 nitrogen and oxygen atoms in total. The van der Waals surface area contributed by atoms with Gasteiger partial charge in [0, 0.05) is 20.3 Å². The van der Waals surface area contributed by atoms with E-state index in [-0.39, 0.29) is 10.6 Å².